The van der Waals surface area contributed by atoms with E-state index in [0.29, 0.717) is 5.82 Å². The van der Waals surface area contributed by atoms with E-state index in [9.17, 15) is 4.39 Å². The molecule has 1 saturated heterocycles. The molecule has 1 fully saturated rings. The van der Waals surface area contributed by atoms with Crippen LogP contribution >= 0.6 is 0 Å². The first-order valence-electron chi connectivity index (χ1n) is 4.08. The summed E-state index contributed by atoms with van der Waals surface area (Å²) in [5.74, 6) is 0.127. The van der Waals surface area contributed by atoms with Crippen molar-refractivity contribution in [1.82, 2.24) is 9.97 Å². The maximum Gasteiger partial charge on any atom is 0.183 e. The molecule has 0 aromatic carbocycles. The summed E-state index contributed by atoms with van der Waals surface area (Å²) in [6.07, 6.45) is 4.85. The number of halogens is 1. The summed E-state index contributed by atoms with van der Waals surface area (Å²) in [5, 5.41) is 0. The van der Waals surface area contributed by atoms with E-state index < -0.39 is 0 Å². The Hall–Kier alpha value is -1.19. The fourth-order valence-electron chi connectivity index (χ4n) is 1.47. The van der Waals surface area contributed by atoms with Gasteiger partial charge in [0.05, 0.1) is 6.20 Å². The molecule has 64 valence electrons. The molecule has 0 radical (unpaired) electrons. The zero-order valence-electron chi connectivity index (χ0n) is 6.70. The minimum Gasteiger partial charge on any atom is -0.354 e. The lowest BCUT2D eigenvalue weighted by Gasteiger charge is -2.15. The smallest absolute Gasteiger partial charge is 0.183 e. The Morgan fingerprint density at radius 1 is 1.33 bits per heavy atom. The Morgan fingerprint density at radius 2 is 2.08 bits per heavy atom. The summed E-state index contributed by atoms with van der Waals surface area (Å²) >= 11 is 0. The molecule has 1 aromatic heterocycles. The van der Waals surface area contributed by atoms with Gasteiger partial charge in [0.2, 0.25) is 0 Å². The second-order valence-electron chi connectivity index (χ2n) is 2.89. The van der Waals surface area contributed by atoms with Gasteiger partial charge >= 0.3 is 0 Å². The third-order valence-electron chi connectivity index (χ3n) is 2.05. The van der Waals surface area contributed by atoms with Gasteiger partial charge in [-0.3, -0.25) is 0 Å². The van der Waals surface area contributed by atoms with Crippen molar-refractivity contribution >= 4 is 5.82 Å². The van der Waals surface area contributed by atoms with Crippen LogP contribution in [-0.4, -0.2) is 23.1 Å². The van der Waals surface area contributed by atoms with E-state index in [1.165, 1.54) is 12.5 Å². The van der Waals surface area contributed by atoms with Crippen LogP contribution in [-0.2, 0) is 0 Å². The van der Waals surface area contributed by atoms with Gasteiger partial charge in [-0.05, 0) is 12.8 Å². The van der Waals surface area contributed by atoms with Crippen molar-refractivity contribution in [3.8, 4) is 0 Å². The van der Waals surface area contributed by atoms with Gasteiger partial charge in [-0.2, -0.15) is 0 Å². The summed E-state index contributed by atoms with van der Waals surface area (Å²) in [4.78, 5) is 9.46. The van der Waals surface area contributed by atoms with Crippen LogP contribution in [0.5, 0.6) is 0 Å². The van der Waals surface area contributed by atoms with Crippen molar-refractivity contribution in [1.29, 1.82) is 0 Å². The fraction of sp³-hybridized carbons (Fsp3) is 0.500. The first kappa shape index (κ1) is 7.46. The van der Waals surface area contributed by atoms with Gasteiger partial charge < -0.3 is 4.90 Å². The van der Waals surface area contributed by atoms with Crippen LogP contribution in [0, 0.1) is 5.82 Å². The van der Waals surface area contributed by atoms with Crippen LogP contribution in [0.15, 0.2) is 12.5 Å². The Kier molecular flexibility index (Phi) is 1.89. The van der Waals surface area contributed by atoms with Crippen LogP contribution in [0.4, 0.5) is 10.2 Å². The Labute approximate surface area is 70.3 Å². The molecule has 2 rings (SSSR count). The SMILES string of the molecule is Fc1cncnc1N1CCCC1. The second kappa shape index (κ2) is 3.05. The number of rotatable bonds is 1. The molecule has 0 bridgehead atoms. The minimum atomic E-state index is -0.320. The summed E-state index contributed by atoms with van der Waals surface area (Å²) < 4.78 is 13.1. The van der Waals surface area contributed by atoms with Crippen molar-refractivity contribution in [2.75, 3.05) is 18.0 Å². The molecule has 1 aliphatic rings. The predicted molar refractivity (Wildman–Crippen MR) is 43.4 cm³/mol. The van der Waals surface area contributed by atoms with Crippen molar-refractivity contribution in [3.05, 3.63) is 18.3 Å². The third-order valence-corrected chi connectivity index (χ3v) is 2.05. The molecule has 1 aliphatic heterocycles. The highest BCUT2D eigenvalue weighted by atomic mass is 19.1. The normalized spacial score (nSPS) is 16.9. The van der Waals surface area contributed by atoms with Gasteiger partial charge in [-0.1, -0.05) is 0 Å². The van der Waals surface area contributed by atoms with E-state index >= 15 is 0 Å². The number of nitrogens with zero attached hydrogens (tertiary/aromatic N) is 3. The lowest BCUT2D eigenvalue weighted by atomic mass is 10.4. The summed E-state index contributed by atoms with van der Waals surface area (Å²) in [6.45, 7) is 1.82. The first-order chi connectivity index (χ1) is 5.88. The zero-order chi connectivity index (χ0) is 8.39. The molecule has 0 saturated carbocycles. The van der Waals surface area contributed by atoms with E-state index in [4.69, 9.17) is 0 Å². The number of anilines is 1. The van der Waals surface area contributed by atoms with Crippen LogP contribution in [0.1, 0.15) is 12.8 Å². The molecule has 0 N–H and O–H groups in total. The Morgan fingerprint density at radius 3 is 2.75 bits per heavy atom. The van der Waals surface area contributed by atoms with Crippen LogP contribution in [0.3, 0.4) is 0 Å². The highest BCUT2D eigenvalue weighted by Crippen LogP contribution is 2.19. The van der Waals surface area contributed by atoms with Crippen LogP contribution in [0.25, 0.3) is 0 Å². The van der Waals surface area contributed by atoms with Gasteiger partial charge in [0, 0.05) is 13.1 Å². The quantitative estimate of drug-likeness (QED) is 0.629. The molecule has 4 heteroatoms. The summed E-state index contributed by atoms with van der Waals surface area (Å²) in [6, 6.07) is 0. The van der Waals surface area contributed by atoms with Gasteiger partial charge in [-0.25, -0.2) is 14.4 Å². The minimum absolute atomic E-state index is 0.320. The van der Waals surface area contributed by atoms with Crippen LogP contribution < -0.4 is 4.90 Å². The third kappa shape index (κ3) is 1.24. The molecule has 3 nitrogen and oxygen atoms in total. The summed E-state index contributed by atoms with van der Waals surface area (Å²) in [7, 11) is 0. The molecule has 1 aromatic rings. The molecule has 0 atom stereocenters. The average molecular weight is 167 g/mol. The van der Waals surface area contributed by atoms with Gasteiger partial charge in [0.15, 0.2) is 11.6 Å². The fourth-order valence-corrected chi connectivity index (χ4v) is 1.47. The largest absolute Gasteiger partial charge is 0.354 e. The average Bonchev–Trinajstić information content (AvgIpc) is 2.57. The maximum absolute atomic E-state index is 13.1. The molecule has 12 heavy (non-hydrogen) atoms. The highest BCUT2D eigenvalue weighted by molar-refractivity contribution is 5.38. The van der Waals surface area contributed by atoms with Crippen molar-refractivity contribution in [2.24, 2.45) is 0 Å². The van der Waals surface area contributed by atoms with E-state index in [2.05, 4.69) is 9.97 Å². The van der Waals surface area contributed by atoms with Gasteiger partial charge in [0.1, 0.15) is 6.33 Å². The molecular weight excluding hydrogens is 157 g/mol. The monoisotopic (exact) mass is 167 g/mol. The maximum atomic E-state index is 13.1. The predicted octanol–water partition coefficient (Wildman–Crippen LogP) is 1.22. The molecular formula is C8H10FN3. The van der Waals surface area contributed by atoms with E-state index in [1.54, 1.807) is 0 Å². The highest BCUT2D eigenvalue weighted by Gasteiger charge is 2.16. The topological polar surface area (TPSA) is 29.0 Å². The number of hydrogen-bond donors (Lipinski definition) is 0. The van der Waals surface area contributed by atoms with Crippen molar-refractivity contribution in [3.63, 3.8) is 0 Å². The van der Waals surface area contributed by atoms with Gasteiger partial charge in [0.25, 0.3) is 0 Å². The lowest BCUT2D eigenvalue weighted by Crippen LogP contribution is -2.20. The summed E-state index contributed by atoms with van der Waals surface area (Å²) in [5.41, 5.74) is 0. The van der Waals surface area contributed by atoms with Crippen molar-refractivity contribution in [2.45, 2.75) is 12.8 Å². The molecule has 2 heterocycles. The van der Waals surface area contributed by atoms with Crippen LogP contribution in [0.2, 0.25) is 0 Å². The van der Waals surface area contributed by atoms with E-state index in [1.807, 2.05) is 4.90 Å². The zero-order valence-corrected chi connectivity index (χ0v) is 6.70. The van der Waals surface area contributed by atoms with Crippen molar-refractivity contribution < 1.29 is 4.39 Å². The molecule has 0 unspecified atom stereocenters. The molecule has 0 amide bonds. The lowest BCUT2D eigenvalue weighted by molar-refractivity contribution is 0.608. The van der Waals surface area contributed by atoms with E-state index in [-0.39, 0.29) is 5.82 Å². The molecule has 0 aliphatic carbocycles. The second-order valence-corrected chi connectivity index (χ2v) is 2.89. The standard InChI is InChI=1S/C8H10FN3/c9-7-5-10-6-11-8(7)12-3-1-2-4-12/h5-6H,1-4H2. The number of aromatic nitrogens is 2. The first-order valence-corrected chi connectivity index (χ1v) is 4.08. The van der Waals surface area contributed by atoms with Gasteiger partial charge in [-0.15, -0.1) is 0 Å². The Balaban J connectivity index is 2.26. The molecule has 0 spiro atoms. The number of hydrogen-bond acceptors (Lipinski definition) is 3. The van der Waals surface area contributed by atoms with E-state index in [0.717, 1.165) is 25.9 Å². The Bertz CT molecular complexity index is 271.